The number of pyridine rings is 1. The third-order valence-electron chi connectivity index (χ3n) is 3.73. The Bertz CT molecular complexity index is 323. The molecular formula is C15H24N2S. The van der Waals surface area contributed by atoms with Gasteiger partial charge in [-0.1, -0.05) is 19.3 Å². The first-order chi connectivity index (χ1) is 8.88. The lowest BCUT2D eigenvalue weighted by Crippen LogP contribution is -2.31. The van der Waals surface area contributed by atoms with Gasteiger partial charge in [0, 0.05) is 29.4 Å². The van der Waals surface area contributed by atoms with Crippen LogP contribution in [0.5, 0.6) is 0 Å². The van der Waals surface area contributed by atoms with Crippen molar-refractivity contribution in [2.45, 2.75) is 49.8 Å². The molecule has 0 spiro atoms. The van der Waals surface area contributed by atoms with Crippen LogP contribution >= 0.6 is 11.8 Å². The van der Waals surface area contributed by atoms with Crippen LogP contribution in [0.25, 0.3) is 0 Å². The molecule has 1 aliphatic rings. The van der Waals surface area contributed by atoms with E-state index in [1.54, 1.807) is 0 Å². The molecule has 100 valence electrons. The van der Waals surface area contributed by atoms with Crippen LogP contribution in [0.3, 0.4) is 0 Å². The summed E-state index contributed by atoms with van der Waals surface area (Å²) in [5.41, 5.74) is 1.38. The van der Waals surface area contributed by atoms with Crippen molar-refractivity contribution in [3.8, 4) is 0 Å². The van der Waals surface area contributed by atoms with E-state index >= 15 is 0 Å². The maximum atomic E-state index is 4.07. The molecule has 3 heteroatoms. The quantitative estimate of drug-likeness (QED) is 0.853. The van der Waals surface area contributed by atoms with Gasteiger partial charge in [-0.05, 0) is 44.0 Å². The van der Waals surface area contributed by atoms with Crippen molar-refractivity contribution >= 4 is 11.8 Å². The van der Waals surface area contributed by atoms with E-state index in [4.69, 9.17) is 0 Å². The molecule has 1 aliphatic carbocycles. The lowest BCUT2D eigenvalue weighted by Gasteiger charge is -2.24. The van der Waals surface area contributed by atoms with Crippen LogP contribution < -0.4 is 5.32 Å². The molecule has 1 fully saturated rings. The van der Waals surface area contributed by atoms with Gasteiger partial charge in [0.1, 0.15) is 0 Å². The van der Waals surface area contributed by atoms with Crippen molar-refractivity contribution in [3.05, 3.63) is 30.1 Å². The second-order valence-corrected chi connectivity index (χ2v) is 6.47. The first-order valence-corrected chi connectivity index (χ1v) is 8.11. The summed E-state index contributed by atoms with van der Waals surface area (Å²) in [5, 5.41) is 4.36. The number of nitrogens with one attached hydrogen (secondary N) is 1. The highest BCUT2D eigenvalue weighted by molar-refractivity contribution is 7.99. The summed E-state index contributed by atoms with van der Waals surface area (Å²) in [5.74, 6) is 1.23. The molecule has 0 bridgehead atoms. The average molecular weight is 264 g/mol. The molecule has 18 heavy (non-hydrogen) atoms. The first-order valence-electron chi connectivity index (χ1n) is 7.06. The Balaban J connectivity index is 1.75. The van der Waals surface area contributed by atoms with E-state index in [9.17, 15) is 0 Å². The maximum Gasteiger partial charge on any atom is 0.0270 e. The Hall–Kier alpha value is -0.540. The average Bonchev–Trinajstić information content (AvgIpc) is 2.45. The van der Waals surface area contributed by atoms with Crippen LogP contribution in [0.2, 0.25) is 0 Å². The Morgan fingerprint density at radius 3 is 2.67 bits per heavy atom. The molecule has 0 amide bonds. The van der Waals surface area contributed by atoms with Crippen LogP contribution in [0.4, 0.5) is 0 Å². The van der Waals surface area contributed by atoms with Gasteiger partial charge in [0.05, 0.1) is 0 Å². The van der Waals surface area contributed by atoms with Crippen molar-refractivity contribution in [1.29, 1.82) is 0 Å². The molecule has 1 atom stereocenters. The van der Waals surface area contributed by atoms with Crippen molar-refractivity contribution in [2.24, 2.45) is 0 Å². The number of hydrogen-bond donors (Lipinski definition) is 1. The molecule has 1 unspecified atom stereocenters. The summed E-state index contributed by atoms with van der Waals surface area (Å²) in [6.45, 7) is 0. The number of hydrogen-bond acceptors (Lipinski definition) is 3. The van der Waals surface area contributed by atoms with Crippen molar-refractivity contribution in [3.63, 3.8) is 0 Å². The molecule has 0 radical (unpaired) electrons. The minimum absolute atomic E-state index is 0.583. The largest absolute Gasteiger partial charge is 0.316 e. The predicted molar refractivity (Wildman–Crippen MR) is 80.1 cm³/mol. The normalized spacial score (nSPS) is 18.7. The van der Waals surface area contributed by atoms with Gasteiger partial charge in [0.15, 0.2) is 0 Å². The topological polar surface area (TPSA) is 24.9 Å². The van der Waals surface area contributed by atoms with Crippen LogP contribution in [0, 0.1) is 0 Å². The molecule has 0 aliphatic heterocycles. The zero-order valence-electron chi connectivity index (χ0n) is 11.3. The highest BCUT2D eigenvalue weighted by Gasteiger charge is 2.16. The molecule has 2 nitrogen and oxygen atoms in total. The Morgan fingerprint density at radius 1 is 1.28 bits per heavy atom. The molecule has 1 aromatic rings. The van der Waals surface area contributed by atoms with E-state index in [1.165, 1.54) is 43.4 Å². The summed E-state index contributed by atoms with van der Waals surface area (Å²) >= 11 is 2.17. The molecule has 1 saturated carbocycles. The zero-order chi connectivity index (χ0) is 12.6. The Labute approximate surface area is 115 Å². The van der Waals surface area contributed by atoms with Crippen LogP contribution in [-0.4, -0.2) is 29.1 Å². The number of aromatic nitrogens is 1. The maximum absolute atomic E-state index is 4.07. The van der Waals surface area contributed by atoms with Crippen molar-refractivity contribution in [2.75, 3.05) is 12.8 Å². The van der Waals surface area contributed by atoms with Gasteiger partial charge in [-0.2, -0.15) is 11.8 Å². The van der Waals surface area contributed by atoms with E-state index in [0.717, 1.165) is 11.7 Å². The minimum Gasteiger partial charge on any atom is -0.316 e. The fraction of sp³-hybridized carbons (Fsp3) is 0.667. The van der Waals surface area contributed by atoms with Gasteiger partial charge in [0.25, 0.3) is 0 Å². The van der Waals surface area contributed by atoms with Gasteiger partial charge in [-0.3, -0.25) is 4.98 Å². The highest BCUT2D eigenvalue weighted by atomic mass is 32.2. The Kier molecular flexibility index (Phi) is 6.01. The van der Waals surface area contributed by atoms with Gasteiger partial charge in [-0.25, -0.2) is 0 Å². The monoisotopic (exact) mass is 264 g/mol. The molecule has 2 rings (SSSR count). The number of rotatable bonds is 6. The summed E-state index contributed by atoms with van der Waals surface area (Å²) in [4.78, 5) is 4.07. The standard InChI is InChI=1S/C15H24N2S/c1-16-14(11-13-7-9-17-10-8-13)12-18-15-5-3-2-4-6-15/h7-10,14-16H,2-6,11-12H2,1H3. The zero-order valence-corrected chi connectivity index (χ0v) is 12.1. The smallest absolute Gasteiger partial charge is 0.0270 e. The number of likely N-dealkylation sites (N-methyl/N-ethyl adjacent to an activating group) is 1. The van der Waals surface area contributed by atoms with Crippen molar-refractivity contribution in [1.82, 2.24) is 10.3 Å². The van der Waals surface area contributed by atoms with Gasteiger partial charge in [-0.15, -0.1) is 0 Å². The van der Waals surface area contributed by atoms with Crippen LogP contribution in [0.1, 0.15) is 37.7 Å². The summed E-state index contributed by atoms with van der Waals surface area (Å²) in [7, 11) is 2.08. The summed E-state index contributed by atoms with van der Waals surface area (Å²) in [6, 6.07) is 4.82. The molecule has 1 heterocycles. The van der Waals surface area contributed by atoms with Gasteiger partial charge in [0.2, 0.25) is 0 Å². The van der Waals surface area contributed by atoms with E-state index in [-0.39, 0.29) is 0 Å². The molecule has 0 aromatic carbocycles. The number of thioether (sulfide) groups is 1. The second kappa shape index (κ2) is 7.80. The van der Waals surface area contributed by atoms with E-state index in [0.29, 0.717) is 6.04 Å². The fourth-order valence-electron chi connectivity index (χ4n) is 2.53. The Morgan fingerprint density at radius 2 is 2.00 bits per heavy atom. The summed E-state index contributed by atoms with van der Waals surface area (Å²) in [6.07, 6.45) is 12.1. The lowest BCUT2D eigenvalue weighted by atomic mass is 10.0. The number of nitrogens with zero attached hydrogens (tertiary/aromatic N) is 1. The SMILES string of the molecule is CNC(CSC1CCCCC1)Cc1ccncc1. The molecular weight excluding hydrogens is 240 g/mol. The molecule has 1 aromatic heterocycles. The van der Waals surface area contributed by atoms with Gasteiger partial charge >= 0.3 is 0 Å². The third kappa shape index (κ3) is 4.62. The minimum atomic E-state index is 0.583. The van der Waals surface area contributed by atoms with Crippen molar-refractivity contribution < 1.29 is 0 Å². The van der Waals surface area contributed by atoms with Crippen LogP contribution in [-0.2, 0) is 6.42 Å². The lowest BCUT2D eigenvalue weighted by molar-refractivity contribution is 0.514. The predicted octanol–water partition coefficient (Wildman–Crippen LogP) is 3.28. The fourth-order valence-corrected chi connectivity index (χ4v) is 3.99. The summed E-state index contributed by atoms with van der Waals surface area (Å²) < 4.78 is 0. The molecule has 0 saturated heterocycles. The highest BCUT2D eigenvalue weighted by Crippen LogP contribution is 2.28. The second-order valence-electron chi connectivity index (χ2n) is 5.14. The molecule has 1 N–H and O–H groups in total. The van der Waals surface area contributed by atoms with Crippen LogP contribution in [0.15, 0.2) is 24.5 Å². The van der Waals surface area contributed by atoms with E-state index in [1.807, 2.05) is 12.4 Å². The van der Waals surface area contributed by atoms with E-state index < -0.39 is 0 Å². The third-order valence-corrected chi connectivity index (χ3v) is 5.26. The van der Waals surface area contributed by atoms with E-state index in [2.05, 4.69) is 41.2 Å². The first kappa shape index (κ1) is 13.9. The van der Waals surface area contributed by atoms with Gasteiger partial charge < -0.3 is 5.32 Å².